The lowest BCUT2D eigenvalue weighted by Gasteiger charge is -2.19. The maximum atomic E-state index is 3.55. The van der Waals surface area contributed by atoms with E-state index in [1.807, 2.05) is 0 Å². The van der Waals surface area contributed by atoms with Gasteiger partial charge in [-0.1, -0.05) is 39.0 Å². The molecule has 0 amide bonds. The highest BCUT2D eigenvalue weighted by atomic mass is 14.8. The van der Waals surface area contributed by atoms with Crippen molar-refractivity contribution in [3.8, 4) is 0 Å². The van der Waals surface area contributed by atoms with Crippen LogP contribution in [0.4, 0.5) is 0 Å². The molecule has 1 aliphatic carbocycles. The van der Waals surface area contributed by atoms with Crippen LogP contribution in [0.2, 0.25) is 0 Å². The van der Waals surface area contributed by atoms with Gasteiger partial charge in [0.15, 0.2) is 0 Å². The Kier molecular flexibility index (Phi) is 6.26. The molecule has 78 valence electrons. The molecule has 1 saturated carbocycles. The maximum Gasteiger partial charge on any atom is -0.00205 e. The lowest BCUT2D eigenvalue weighted by Crippen LogP contribution is -2.24. The zero-order valence-electron chi connectivity index (χ0n) is 9.15. The minimum absolute atomic E-state index is 0.979. The van der Waals surface area contributed by atoms with Crippen molar-refractivity contribution in [2.45, 2.75) is 58.3 Å². The summed E-state index contributed by atoms with van der Waals surface area (Å²) in [5, 5.41) is 3.55. The fourth-order valence-corrected chi connectivity index (χ4v) is 2.23. The van der Waals surface area contributed by atoms with Gasteiger partial charge in [-0.25, -0.2) is 0 Å². The second-order valence-corrected chi connectivity index (χ2v) is 4.42. The van der Waals surface area contributed by atoms with E-state index in [4.69, 9.17) is 0 Å². The molecule has 13 heavy (non-hydrogen) atoms. The van der Waals surface area contributed by atoms with Crippen molar-refractivity contribution < 1.29 is 0 Å². The van der Waals surface area contributed by atoms with E-state index in [-0.39, 0.29) is 0 Å². The number of hydrogen-bond acceptors (Lipinski definition) is 1. The molecule has 1 heteroatoms. The molecule has 1 fully saturated rings. The lowest BCUT2D eigenvalue weighted by atomic mass is 9.91. The molecule has 0 radical (unpaired) electrons. The van der Waals surface area contributed by atoms with Gasteiger partial charge in [-0.15, -0.1) is 0 Å². The molecule has 0 aromatic carbocycles. The Morgan fingerprint density at radius 2 is 1.62 bits per heavy atom. The quantitative estimate of drug-likeness (QED) is 0.659. The monoisotopic (exact) mass is 183 g/mol. The Hall–Kier alpha value is -0.0400. The van der Waals surface area contributed by atoms with Crippen LogP contribution in [0.5, 0.6) is 0 Å². The summed E-state index contributed by atoms with van der Waals surface area (Å²) in [6.07, 6.45) is 11.6. The smallest absolute Gasteiger partial charge is 0.00205 e. The number of rotatable bonds is 4. The summed E-state index contributed by atoms with van der Waals surface area (Å²) in [4.78, 5) is 0. The molecule has 1 N–H and O–H groups in total. The minimum Gasteiger partial charge on any atom is -0.316 e. The summed E-state index contributed by atoms with van der Waals surface area (Å²) >= 11 is 0. The summed E-state index contributed by atoms with van der Waals surface area (Å²) in [6, 6.07) is 0. The fraction of sp³-hybridized carbons (Fsp3) is 1.00. The van der Waals surface area contributed by atoms with Gasteiger partial charge in [-0.3, -0.25) is 0 Å². The summed E-state index contributed by atoms with van der Waals surface area (Å²) < 4.78 is 0. The van der Waals surface area contributed by atoms with E-state index in [1.54, 1.807) is 0 Å². The Morgan fingerprint density at radius 1 is 1.00 bits per heavy atom. The van der Waals surface area contributed by atoms with Gasteiger partial charge < -0.3 is 5.32 Å². The van der Waals surface area contributed by atoms with Gasteiger partial charge in [-0.05, 0) is 38.3 Å². The summed E-state index contributed by atoms with van der Waals surface area (Å²) in [6.45, 7) is 4.72. The average molecular weight is 183 g/mol. The predicted molar refractivity (Wildman–Crippen MR) is 59.0 cm³/mol. The zero-order chi connectivity index (χ0) is 9.36. The molecule has 0 aliphatic heterocycles. The Bertz CT molecular complexity index is 104. The van der Waals surface area contributed by atoms with Crippen molar-refractivity contribution in [2.75, 3.05) is 13.1 Å². The van der Waals surface area contributed by atoms with E-state index in [0.29, 0.717) is 0 Å². The van der Waals surface area contributed by atoms with Crippen LogP contribution in [0.25, 0.3) is 0 Å². The highest BCUT2D eigenvalue weighted by Gasteiger charge is 2.09. The molecule has 1 aliphatic rings. The first-order chi connectivity index (χ1) is 6.43. The van der Waals surface area contributed by atoms with E-state index >= 15 is 0 Å². The molecule has 0 heterocycles. The average Bonchev–Trinajstić information content (AvgIpc) is 2.08. The lowest BCUT2D eigenvalue weighted by molar-refractivity contribution is 0.361. The third-order valence-corrected chi connectivity index (χ3v) is 3.08. The van der Waals surface area contributed by atoms with Crippen molar-refractivity contribution in [2.24, 2.45) is 5.92 Å². The van der Waals surface area contributed by atoms with Crippen LogP contribution in [0.1, 0.15) is 58.3 Å². The first kappa shape index (κ1) is 11.0. The van der Waals surface area contributed by atoms with Crippen LogP contribution in [-0.4, -0.2) is 13.1 Å². The highest BCUT2D eigenvalue weighted by Crippen LogP contribution is 2.21. The van der Waals surface area contributed by atoms with Gasteiger partial charge in [0.1, 0.15) is 0 Å². The Morgan fingerprint density at radius 3 is 2.23 bits per heavy atom. The van der Waals surface area contributed by atoms with Crippen LogP contribution < -0.4 is 5.32 Å². The van der Waals surface area contributed by atoms with Crippen LogP contribution in [0, 0.1) is 5.92 Å². The Balaban J connectivity index is 2.06. The first-order valence-electron chi connectivity index (χ1n) is 6.14. The third kappa shape index (κ3) is 5.30. The molecule has 0 aromatic heterocycles. The minimum atomic E-state index is 0.979. The van der Waals surface area contributed by atoms with Gasteiger partial charge in [0, 0.05) is 0 Å². The summed E-state index contributed by atoms with van der Waals surface area (Å²) in [5.41, 5.74) is 0. The van der Waals surface area contributed by atoms with Crippen LogP contribution in [0.15, 0.2) is 0 Å². The molecule has 0 spiro atoms. The first-order valence-corrected chi connectivity index (χ1v) is 6.14. The van der Waals surface area contributed by atoms with E-state index < -0.39 is 0 Å². The van der Waals surface area contributed by atoms with Crippen LogP contribution in [-0.2, 0) is 0 Å². The molecule has 0 aromatic rings. The topological polar surface area (TPSA) is 12.0 Å². The van der Waals surface area contributed by atoms with Crippen LogP contribution >= 0.6 is 0 Å². The molecule has 0 unspecified atom stereocenters. The predicted octanol–water partition coefficient (Wildman–Crippen LogP) is 3.35. The molecule has 1 nitrogen and oxygen atoms in total. The SMILES string of the molecule is CCCNCC1CCCCCCC1. The van der Waals surface area contributed by atoms with Crippen molar-refractivity contribution >= 4 is 0 Å². The third-order valence-electron chi connectivity index (χ3n) is 3.08. The van der Waals surface area contributed by atoms with Gasteiger partial charge in [0.2, 0.25) is 0 Å². The van der Waals surface area contributed by atoms with Crippen molar-refractivity contribution in [1.29, 1.82) is 0 Å². The van der Waals surface area contributed by atoms with Crippen molar-refractivity contribution in [1.82, 2.24) is 5.32 Å². The largest absolute Gasteiger partial charge is 0.316 e. The van der Waals surface area contributed by atoms with E-state index in [0.717, 1.165) is 5.92 Å². The maximum absolute atomic E-state index is 3.55. The number of hydrogen-bond donors (Lipinski definition) is 1. The van der Waals surface area contributed by atoms with Crippen molar-refractivity contribution in [3.05, 3.63) is 0 Å². The molecule has 0 atom stereocenters. The van der Waals surface area contributed by atoms with Gasteiger partial charge >= 0.3 is 0 Å². The second-order valence-electron chi connectivity index (χ2n) is 4.42. The number of nitrogens with one attached hydrogen (secondary N) is 1. The van der Waals surface area contributed by atoms with E-state index in [9.17, 15) is 0 Å². The van der Waals surface area contributed by atoms with Gasteiger partial charge in [0.05, 0.1) is 0 Å². The molecular weight excluding hydrogens is 158 g/mol. The van der Waals surface area contributed by atoms with Gasteiger partial charge in [-0.2, -0.15) is 0 Å². The van der Waals surface area contributed by atoms with Gasteiger partial charge in [0.25, 0.3) is 0 Å². The van der Waals surface area contributed by atoms with E-state index in [2.05, 4.69) is 12.2 Å². The highest BCUT2D eigenvalue weighted by molar-refractivity contribution is 4.65. The normalized spacial score (nSPS) is 21.0. The zero-order valence-corrected chi connectivity index (χ0v) is 9.15. The second kappa shape index (κ2) is 7.37. The molecular formula is C12H25N. The summed E-state index contributed by atoms with van der Waals surface area (Å²) in [5.74, 6) is 0.979. The standard InChI is InChI=1S/C12H25N/c1-2-10-13-11-12-8-6-4-3-5-7-9-12/h12-13H,2-11H2,1H3. The summed E-state index contributed by atoms with van der Waals surface area (Å²) in [7, 11) is 0. The fourth-order valence-electron chi connectivity index (χ4n) is 2.23. The Labute approximate surface area is 83.3 Å². The van der Waals surface area contributed by atoms with E-state index in [1.165, 1.54) is 64.5 Å². The van der Waals surface area contributed by atoms with Crippen molar-refractivity contribution in [3.63, 3.8) is 0 Å². The molecule has 1 rings (SSSR count). The van der Waals surface area contributed by atoms with Crippen LogP contribution in [0.3, 0.4) is 0 Å². The molecule has 0 saturated heterocycles. The molecule has 0 bridgehead atoms.